The van der Waals surface area contributed by atoms with Gasteiger partial charge in [0.05, 0.1) is 44.6 Å². The topological polar surface area (TPSA) is 218 Å². The number of piperazine rings is 1. The van der Waals surface area contributed by atoms with Crippen LogP contribution in [-0.2, 0) is 36.9 Å². The molecule has 5 aromatic rings. The Kier molecular flexibility index (Phi) is 22.3. The fraction of sp³-hybridized carbons (Fsp3) is 0.411. The van der Waals surface area contributed by atoms with Crippen LogP contribution in [-0.4, -0.2) is 141 Å². The lowest BCUT2D eigenvalue weighted by Gasteiger charge is -2.37. The summed E-state index contributed by atoms with van der Waals surface area (Å²) >= 11 is 12.9. The Morgan fingerprint density at radius 1 is 0.887 bits per heavy atom. The summed E-state index contributed by atoms with van der Waals surface area (Å²) in [5.74, 6) is 0.735. The first-order valence-electron chi connectivity index (χ1n) is 25.9. The maximum Gasteiger partial charge on any atom is 0.319 e. The van der Waals surface area contributed by atoms with E-state index in [2.05, 4.69) is 68.7 Å². The second kappa shape index (κ2) is 28.4. The van der Waals surface area contributed by atoms with Crippen molar-refractivity contribution in [2.45, 2.75) is 84.1 Å². The van der Waals surface area contributed by atoms with Crippen LogP contribution >= 0.6 is 44.6 Å². The first-order valence-corrected chi connectivity index (χ1v) is 28.9. The first kappa shape index (κ1) is 62.8. The molecule has 24 heteroatoms. The van der Waals surface area contributed by atoms with Crippen LogP contribution in [0.15, 0.2) is 85.1 Å². The molecular formula is C56H70BCl2N10O9PS. The summed E-state index contributed by atoms with van der Waals surface area (Å²) in [6.45, 7) is 16.8. The summed E-state index contributed by atoms with van der Waals surface area (Å²) < 4.78 is 24.3. The Balaban J connectivity index is 0.00000340. The summed E-state index contributed by atoms with van der Waals surface area (Å²) in [6.07, 6.45) is 2.53. The molecule has 1 aromatic heterocycles. The molecule has 5 N–H and O–H groups in total. The summed E-state index contributed by atoms with van der Waals surface area (Å²) in [5, 5.41) is 16.6. The highest BCUT2D eigenvalue weighted by Gasteiger charge is 2.39. The van der Waals surface area contributed by atoms with Crippen molar-refractivity contribution in [3.8, 4) is 11.5 Å². The average Bonchev–Trinajstić information content (AvgIpc) is 3.74. The van der Waals surface area contributed by atoms with E-state index in [0.29, 0.717) is 89.5 Å². The van der Waals surface area contributed by atoms with Crippen molar-refractivity contribution in [2.24, 2.45) is 0 Å². The molecule has 1 unspecified atom stereocenters. The quantitative estimate of drug-likeness (QED) is 0.0264. The van der Waals surface area contributed by atoms with Crippen LogP contribution in [0.1, 0.15) is 68.4 Å². The van der Waals surface area contributed by atoms with Crippen molar-refractivity contribution < 1.29 is 42.9 Å². The van der Waals surface area contributed by atoms with E-state index in [1.54, 1.807) is 43.6 Å². The number of para-hydroxylation sites is 1. The highest BCUT2D eigenvalue weighted by atomic mass is 35.5. The maximum absolute atomic E-state index is 13.4. The normalized spacial score (nSPS) is 15.3. The van der Waals surface area contributed by atoms with Crippen LogP contribution in [0.5, 0.6) is 11.5 Å². The van der Waals surface area contributed by atoms with Crippen molar-refractivity contribution >= 4 is 122 Å². The summed E-state index contributed by atoms with van der Waals surface area (Å²) in [6, 6.07) is 23.0. The van der Waals surface area contributed by atoms with E-state index in [1.165, 1.54) is 17.0 Å². The van der Waals surface area contributed by atoms with Gasteiger partial charge < -0.3 is 54.9 Å². The number of carbonyl (C=O) groups is 5. The number of amides is 6. The second-order valence-corrected chi connectivity index (χ2v) is 23.5. The molecule has 0 saturated carbocycles. The van der Waals surface area contributed by atoms with Gasteiger partial charge in [0.25, 0.3) is 5.91 Å². The zero-order valence-corrected chi connectivity index (χ0v) is 49.7. The van der Waals surface area contributed by atoms with E-state index in [0.717, 1.165) is 22.5 Å². The van der Waals surface area contributed by atoms with Gasteiger partial charge >= 0.3 is 6.03 Å². The molecule has 6 amide bonds. The Morgan fingerprint density at radius 2 is 1.64 bits per heavy atom. The molecular weight excluding hydrogens is 1100 g/mol. The Bertz CT molecular complexity index is 3030. The van der Waals surface area contributed by atoms with Crippen LogP contribution in [0.4, 0.5) is 39.3 Å². The van der Waals surface area contributed by atoms with E-state index < -0.39 is 29.2 Å². The molecule has 3 aliphatic rings. The number of urea groups is 1. The summed E-state index contributed by atoms with van der Waals surface area (Å²) in [4.78, 5) is 78.1. The van der Waals surface area contributed by atoms with Crippen molar-refractivity contribution in [1.29, 1.82) is 0 Å². The van der Waals surface area contributed by atoms with Crippen LogP contribution < -0.4 is 46.3 Å². The molecule has 0 aliphatic carbocycles. The van der Waals surface area contributed by atoms with Gasteiger partial charge in [-0.25, -0.2) is 9.78 Å². The van der Waals surface area contributed by atoms with Gasteiger partial charge in [0.2, 0.25) is 23.7 Å². The number of carbonyl (C=O) groups excluding carboxylic acids is 5. The number of piperidine rings is 1. The number of methoxy groups -OCH3 is 1. The van der Waals surface area contributed by atoms with E-state index >= 15 is 0 Å². The molecule has 2 radical (unpaired) electrons. The molecule has 0 spiro atoms. The Hall–Kier alpha value is -6.35. The van der Waals surface area contributed by atoms with E-state index in [4.69, 9.17) is 42.1 Å². The van der Waals surface area contributed by atoms with Gasteiger partial charge in [-0.15, -0.1) is 0 Å². The van der Waals surface area contributed by atoms with Crippen molar-refractivity contribution in [2.75, 3.05) is 87.3 Å². The third kappa shape index (κ3) is 16.9. The largest absolute Gasteiger partial charge is 0.494 e. The van der Waals surface area contributed by atoms with Gasteiger partial charge in [0.15, 0.2) is 5.82 Å². The number of anilines is 6. The number of benzene rings is 4. The standard InChI is InChI=1S/C55H65Cl2N10O9P.CH3B.H2S/c1-54(2,76-32-48(69)66-21-19-65(20-22-66)38-13-15-42(45(28-38)73-5)62-52-58-30-41(57)49(64-52)61-43-10-8-9-11-46(43)77(6)7)18-23-75-55(3,4)33-74-39-26-36(56)25-37(27-39)60-53(72)59-29-34-12-14-40-35(24-34)31-67(51(40)71)44-16-17-47(68)63-50(44)70;1-2;/h8-15,24-28,30,44H,16-23,29,31-33H2,1-7H3,(H2,59,60,72)(H,63,68,70)(H2,58,61,62,64);1H3;1H2. The number of nitrogens with one attached hydrogen (secondary N) is 5. The van der Waals surface area contributed by atoms with Crippen LogP contribution in [0.2, 0.25) is 16.9 Å². The number of rotatable bonds is 21. The van der Waals surface area contributed by atoms with Gasteiger partial charge in [-0.3, -0.25) is 24.5 Å². The SMILES string of the molecule is COc1cc(N2CCN(C(=O)COC(C)(C)CCOC(C)(C)COc3cc(Cl)cc(NC(=O)NCc4ccc5c(c4)CN(C4CCC(=O)NC4=O)C5=O)c3)CC2)ccc1Nc1ncc(Cl)c(Nc2ccccc2P(C)C)n1.S.[B]C. The monoisotopic (exact) mass is 1170 g/mol. The molecule has 426 valence electrons. The molecule has 2 fully saturated rings. The molecule has 1 atom stereocenters. The van der Waals surface area contributed by atoms with Gasteiger partial charge in [-0.05, 0) is 107 Å². The van der Waals surface area contributed by atoms with Gasteiger partial charge in [0.1, 0.15) is 35.8 Å². The lowest BCUT2D eigenvalue weighted by Crippen LogP contribution is -2.52. The molecule has 4 aromatic carbocycles. The third-order valence-corrected chi connectivity index (χ3v) is 15.2. The minimum absolute atomic E-state index is 0. The highest BCUT2D eigenvalue weighted by Crippen LogP contribution is 2.35. The van der Waals surface area contributed by atoms with E-state index in [-0.39, 0.29) is 78.3 Å². The Morgan fingerprint density at radius 3 is 2.36 bits per heavy atom. The fourth-order valence-corrected chi connectivity index (χ4v) is 10.4. The molecule has 80 heavy (non-hydrogen) atoms. The highest BCUT2D eigenvalue weighted by molar-refractivity contribution is 7.64. The molecule has 2 saturated heterocycles. The van der Waals surface area contributed by atoms with Gasteiger partial charge in [-0.2, -0.15) is 18.5 Å². The molecule has 19 nitrogen and oxygen atoms in total. The number of halogens is 2. The zero-order chi connectivity index (χ0) is 57.0. The summed E-state index contributed by atoms with van der Waals surface area (Å²) in [5.41, 5.74) is 3.64. The first-order chi connectivity index (χ1) is 37.7. The smallest absolute Gasteiger partial charge is 0.319 e. The number of hydrogen-bond donors (Lipinski definition) is 5. The second-order valence-electron chi connectivity index (χ2n) is 20.4. The molecule has 3 aliphatic heterocycles. The van der Waals surface area contributed by atoms with E-state index in [9.17, 15) is 24.0 Å². The molecule has 0 bridgehead atoms. The number of hydrogen-bond acceptors (Lipinski definition) is 14. The lowest BCUT2D eigenvalue weighted by atomic mass is 10.0. The van der Waals surface area contributed by atoms with Crippen molar-refractivity contribution in [1.82, 2.24) is 30.4 Å². The number of nitrogens with zero attached hydrogens (tertiary/aromatic N) is 5. The van der Waals surface area contributed by atoms with E-state index in [1.807, 2.05) is 75.1 Å². The van der Waals surface area contributed by atoms with Gasteiger partial charge in [0, 0.05) is 85.5 Å². The third-order valence-electron chi connectivity index (χ3n) is 13.4. The van der Waals surface area contributed by atoms with Gasteiger partial charge in [-0.1, -0.05) is 68.3 Å². The lowest BCUT2D eigenvalue weighted by molar-refractivity contribution is -0.144. The van der Waals surface area contributed by atoms with Crippen LogP contribution in [0.25, 0.3) is 0 Å². The molecule has 8 rings (SSSR count). The zero-order valence-electron chi connectivity index (χ0n) is 46.3. The Labute approximate surface area is 487 Å². The van der Waals surface area contributed by atoms with Crippen molar-refractivity contribution in [3.05, 3.63) is 112 Å². The average molecular weight is 1170 g/mol. The minimum atomic E-state index is -0.715. The number of ether oxygens (including phenoxy) is 4. The minimum Gasteiger partial charge on any atom is -0.494 e. The van der Waals surface area contributed by atoms with Crippen LogP contribution in [0, 0.1) is 0 Å². The number of imide groups is 1. The maximum atomic E-state index is 13.4. The summed E-state index contributed by atoms with van der Waals surface area (Å²) in [7, 11) is 5.76. The fourth-order valence-electron chi connectivity index (χ4n) is 9.03. The van der Waals surface area contributed by atoms with Crippen molar-refractivity contribution in [3.63, 3.8) is 0 Å². The van der Waals surface area contributed by atoms with Crippen LogP contribution in [0.3, 0.4) is 0 Å². The molecule has 4 heterocycles. The predicted octanol–water partition coefficient (Wildman–Crippen LogP) is 8.75. The predicted molar refractivity (Wildman–Crippen MR) is 322 cm³/mol. The number of fused-ring (bicyclic) bond motifs is 1. The number of aromatic nitrogens is 2.